The van der Waals surface area contributed by atoms with Crippen LogP contribution in [0.15, 0.2) is 23.5 Å². The molecule has 1 aliphatic rings. The minimum Gasteiger partial charge on any atom is -0.209 e. The highest BCUT2D eigenvalue weighted by atomic mass is 127. The number of rotatable bonds is 0. The van der Waals surface area contributed by atoms with Crippen LogP contribution >= 0.6 is 21.3 Å². The summed E-state index contributed by atoms with van der Waals surface area (Å²) in [5.41, 5.74) is 0.908. The van der Waals surface area contributed by atoms with Crippen LogP contribution in [0.25, 0.3) is 0 Å². The minimum absolute atomic E-state index is 0.306. The molecule has 4 heteroatoms. The van der Waals surface area contributed by atoms with Crippen LogP contribution in [-0.4, -0.2) is 0 Å². The van der Waals surface area contributed by atoms with E-state index in [2.05, 4.69) is 11.6 Å². The first-order valence-corrected chi connectivity index (χ1v) is 3.74. The number of nitrogens with zero attached hydrogens (tertiary/aromatic N) is 3. The molecule has 0 saturated heterocycles. The molecule has 0 bridgehead atoms. The van der Waals surface area contributed by atoms with E-state index >= 15 is 0 Å². The van der Waals surface area contributed by atoms with Gasteiger partial charge in [0.15, 0.2) is 21.3 Å². The summed E-state index contributed by atoms with van der Waals surface area (Å²) >= 11 is -0.306. The fourth-order valence-electron chi connectivity index (χ4n) is 0.214. The summed E-state index contributed by atoms with van der Waals surface area (Å²) < 4.78 is 7.70. The molecular formula is C3H4IN3. The number of allylic oxidation sites excluding steroid dienone is 1. The first kappa shape index (κ1) is 5.02. The highest BCUT2D eigenvalue weighted by Crippen LogP contribution is 2.13. The Bertz CT molecular complexity index is 146. The minimum atomic E-state index is -0.306. The number of halogens is 1. The Morgan fingerprint density at radius 2 is 2.57 bits per heavy atom. The highest BCUT2D eigenvalue weighted by Gasteiger charge is 1.83. The normalized spacial score (nSPS) is 18.1. The molecule has 0 aromatic heterocycles. The topological polar surface area (TPSA) is 37.1 Å². The highest BCUT2D eigenvalue weighted by molar-refractivity contribution is 14.1. The molecule has 1 rings (SSSR count). The van der Waals surface area contributed by atoms with Gasteiger partial charge in [-0.15, -0.1) is 8.44 Å². The molecule has 0 amide bonds. The van der Waals surface area contributed by atoms with Gasteiger partial charge in [-0.25, -0.2) is 3.15 Å². The molecule has 0 unspecified atom stereocenters. The van der Waals surface area contributed by atoms with Gasteiger partial charge in [-0.2, -0.15) is 0 Å². The molecule has 0 spiro atoms. The van der Waals surface area contributed by atoms with Crippen LogP contribution in [0, 0.1) is 0 Å². The third-order valence-electron chi connectivity index (χ3n) is 0.509. The lowest BCUT2D eigenvalue weighted by molar-refractivity contribution is 1.18. The Morgan fingerprint density at radius 3 is 2.86 bits per heavy atom. The standard InChI is InChI=1S/C3H4IN3/c1-3-2-5-4-7-6-3/h2H,1H3. The van der Waals surface area contributed by atoms with Gasteiger partial charge in [-0.3, -0.25) is 0 Å². The average molecular weight is 209 g/mol. The summed E-state index contributed by atoms with van der Waals surface area (Å²) in [6.45, 7) is 1.88. The monoisotopic (exact) mass is 209 g/mol. The molecule has 0 aromatic carbocycles. The van der Waals surface area contributed by atoms with Crippen molar-refractivity contribution in [3.05, 3.63) is 11.9 Å². The van der Waals surface area contributed by atoms with Crippen molar-refractivity contribution in [1.29, 1.82) is 0 Å². The predicted octanol–water partition coefficient (Wildman–Crippen LogP) is 2.38. The summed E-state index contributed by atoms with van der Waals surface area (Å²) in [6, 6.07) is 0. The lowest BCUT2D eigenvalue weighted by Crippen LogP contribution is -1.63. The lowest BCUT2D eigenvalue weighted by Gasteiger charge is -1.85. The van der Waals surface area contributed by atoms with Crippen LogP contribution in [0.4, 0.5) is 0 Å². The van der Waals surface area contributed by atoms with Crippen LogP contribution in [0.3, 0.4) is 0 Å². The summed E-state index contributed by atoms with van der Waals surface area (Å²) in [5, 5.41) is 3.77. The van der Waals surface area contributed by atoms with E-state index in [0.717, 1.165) is 5.70 Å². The van der Waals surface area contributed by atoms with Gasteiger partial charge < -0.3 is 0 Å². The molecule has 0 atom stereocenters. The van der Waals surface area contributed by atoms with Crippen molar-refractivity contribution in [1.82, 2.24) is 0 Å². The molecular weight excluding hydrogens is 205 g/mol. The second-order valence-corrected chi connectivity index (χ2v) is 2.54. The Balaban J connectivity index is 2.82. The lowest BCUT2D eigenvalue weighted by atomic mass is 10.6. The van der Waals surface area contributed by atoms with Crippen LogP contribution in [-0.2, 0) is 0 Å². The Labute approximate surface area is 52.0 Å². The number of hydrogen-bond acceptors (Lipinski definition) is 3. The van der Waals surface area contributed by atoms with E-state index in [4.69, 9.17) is 0 Å². The summed E-state index contributed by atoms with van der Waals surface area (Å²) in [6.07, 6.45) is 1.76. The van der Waals surface area contributed by atoms with E-state index < -0.39 is 0 Å². The molecule has 38 valence electrons. The fourth-order valence-corrected chi connectivity index (χ4v) is 1.29. The molecule has 0 radical (unpaired) electrons. The van der Waals surface area contributed by atoms with Gasteiger partial charge >= 0.3 is 0 Å². The smallest absolute Gasteiger partial charge is 0.167 e. The number of hydrogen-bond donors (Lipinski definition) is 0. The van der Waals surface area contributed by atoms with E-state index in [1.165, 1.54) is 0 Å². The van der Waals surface area contributed by atoms with Crippen LogP contribution in [0.2, 0.25) is 0 Å². The van der Waals surface area contributed by atoms with Gasteiger partial charge in [0.1, 0.15) is 0 Å². The molecule has 1 aliphatic heterocycles. The predicted molar refractivity (Wildman–Crippen MR) is 35.1 cm³/mol. The van der Waals surface area contributed by atoms with Crippen molar-refractivity contribution < 1.29 is 0 Å². The van der Waals surface area contributed by atoms with Crippen molar-refractivity contribution in [2.75, 3.05) is 0 Å². The van der Waals surface area contributed by atoms with Crippen molar-refractivity contribution in [2.45, 2.75) is 6.92 Å². The van der Waals surface area contributed by atoms with Gasteiger partial charge in [0.25, 0.3) is 0 Å². The zero-order valence-electron chi connectivity index (χ0n) is 3.80. The van der Waals surface area contributed by atoms with Crippen molar-refractivity contribution in [3.8, 4) is 0 Å². The zero-order valence-corrected chi connectivity index (χ0v) is 5.95. The van der Waals surface area contributed by atoms with Gasteiger partial charge in [0.05, 0.1) is 11.9 Å². The third-order valence-corrected chi connectivity index (χ3v) is 1.44. The molecule has 0 saturated carbocycles. The maximum absolute atomic E-state index is 3.95. The van der Waals surface area contributed by atoms with Crippen molar-refractivity contribution in [3.63, 3.8) is 0 Å². The first-order valence-electron chi connectivity index (χ1n) is 1.81. The maximum Gasteiger partial charge on any atom is 0.167 e. The van der Waals surface area contributed by atoms with Crippen LogP contribution in [0.5, 0.6) is 0 Å². The molecule has 0 N–H and O–H groups in total. The molecule has 1 heterocycles. The second kappa shape index (κ2) is 2.25. The van der Waals surface area contributed by atoms with Gasteiger partial charge in [-0.05, 0) is 6.92 Å². The fraction of sp³-hybridized carbons (Fsp3) is 0.333. The second-order valence-electron chi connectivity index (χ2n) is 1.12. The SMILES string of the molecule is CC1=CN=IN=N1. The maximum atomic E-state index is 3.95. The Kier molecular flexibility index (Phi) is 1.61. The largest absolute Gasteiger partial charge is 0.209 e. The third kappa shape index (κ3) is 1.42. The zero-order chi connectivity index (χ0) is 5.11. The van der Waals surface area contributed by atoms with E-state index in [-0.39, 0.29) is 21.3 Å². The average Bonchev–Trinajstić information content (AvgIpc) is 1.69. The molecule has 0 fully saturated rings. The van der Waals surface area contributed by atoms with Crippen molar-refractivity contribution in [2.24, 2.45) is 11.6 Å². The van der Waals surface area contributed by atoms with Crippen molar-refractivity contribution >= 4 is 21.3 Å². The van der Waals surface area contributed by atoms with Gasteiger partial charge in [0.2, 0.25) is 0 Å². The summed E-state index contributed by atoms with van der Waals surface area (Å²) in [7, 11) is 0. The van der Waals surface area contributed by atoms with Crippen LogP contribution in [0.1, 0.15) is 6.92 Å². The van der Waals surface area contributed by atoms with E-state index in [1.54, 1.807) is 6.20 Å². The van der Waals surface area contributed by atoms with Gasteiger partial charge in [-0.1, -0.05) is 0 Å². The molecule has 0 aliphatic carbocycles. The van der Waals surface area contributed by atoms with E-state index in [0.29, 0.717) is 0 Å². The molecule has 3 nitrogen and oxygen atoms in total. The Hall–Kier alpha value is -0.130. The van der Waals surface area contributed by atoms with Gasteiger partial charge in [0, 0.05) is 0 Å². The Morgan fingerprint density at radius 1 is 1.71 bits per heavy atom. The van der Waals surface area contributed by atoms with Crippen LogP contribution < -0.4 is 0 Å². The summed E-state index contributed by atoms with van der Waals surface area (Å²) in [4.78, 5) is 0. The molecule has 7 heavy (non-hydrogen) atoms. The van der Waals surface area contributed by atoms with E-state index in [9.17, 15) is 0 Å². The first-order chi connectivity index (χ1) is 3.39. The van der Waals surface area contributed by atoms with E-state index in [1.807, 2.05) is 6.92 Å². The summed E-state index contributed by atoms with van der Waals surface area (Å²) in [5.74, 6) is 0. The molecule has 0 aromatic rings. The quantitative estimate of drug-likeness (QED) is 0.549.